The highest BCUT2D eigenvalue weighted by Gasteiger charge is 2.07. The van der Waals surface area contributed by atoms with Crippen LogP contribution in [0.1, 0.15) is 6.42 Å². The molecule has 2 aromatic rings. The predicted octanol–water partition coefficient (Wildman–Crippen LogP) is 3.16. The quantitative estimate of drug-likeness (QED) is 0.828. The molecule has 0 radical (unpaired) electrons. The predicted molar refractivity (Wildman–Crippen MR) is 71.1 cm³/mol. The molecule has 0 bridgehead atoms. The topological polar surface area (TPSA) is 39.9 Å². The number of hydrogen-bond donors (Lipinski definition) is 0. The van der Waals surface area contributed by atoms with Gasteiger partial charge >= 0.3 is 0 Å². The molecule has 0 spiro atoms. The summed E-state index contributed by atoms with van der Waals surface area (Å²) in [5.74, 6) is 0. The number of aromatic nitrogens is 1. The molecule has 0 atom stereocenters. The van der Waals surface area contributed by atoms with Crippen molar-refractivity contribution in [1.29, 1.82) is 5.26 Å². The van der Waals surface area contributed by atoms with Crippen molar-refractivity contribution in [2.24, 2.45) is 0 Å². The van der Waals surface area contributed by atoms with Crippen LogP contribution in [-0.2, 0) is 0 Å². The molecule has 0 amide bonds. The maximum absolute atomic E-state index is 8.55. The number of rotatable bonds is 4. The van der Waals surface area contributed by atoms with Gasteiger partial charge in [0.15, 0.2) is 5.13 Å². The molecule has 0 fully saturated rings. The van der Waals surface area contributed by atoms with E-state index in [4.69, 9.17) is 5.26 Å². The second-order valence-electron chi connectivity index (χ2n) is 3.70. The second-order valence-corrected chi connectivity index (χ2v) is 4.71. The van der Waals surface area contributed by atoms with Gasteiger partial charge in [0, 0.05) is 19.8 Å². The first-order chi connectivity index (χ1) is 8.31. The zero-order valence-corrected chi connectivity index (χ0v) is 10.4. The van der Waals surface area contributed by atoms with E-state index in [0.717, 1.165) is 16.6 Å². The fraction of sp³-hybridized carbons (Fsp3) is 0.231. The van der Waals surface area contributed by atoms with Crippen LogP contribution < -0.4 is 4.90 Å². The number of benzene rings is 1. The molecule has 86 valence electrons. The van der Waals surface area contributed by atoms with E-state index in [0.29, 0.717) is 6.42 Å². The highest BCUT2D eigenvalue weighted by molar-refractivity contribution is 7.18. The van der Waals surface area contributed by atoms with Crippen LogP contribution in [0.3, 0.4) is 0 Å². The van der Waals surface area contributed by atoms with E-state index in [9.17, 15) is 0 Å². The third-order valence-corrected chi connectivity index (χ3v) is 3.60. The Bertz CT molecular complexity index is 513. The molecule has 1 aromatic heterocycles. The minimum Gasteiger partial charge on any atom is -0.350 e. The highest BCUT2D eigenvalue weighted by Crippen LogP contribution is 2.30. The monoisotopic (exact) mass is 243 g/mol. The van der Waals surface area contributed by atoms with Crippen molar-refractivity contribution >= 4 is 16.5 Å². The van der Waals surface area contributed by atoms with Crippen molar-refractivity contribution in [2.75, 3.05) is 18.5 Å². The molecule has 1 aromatic carbocycles. The Morgan fingerprint density at radius 1 is 1.35 bits per heavy atom. The third kappa shape index (κ3) is 2.83. The molecule has 4 heteroatoms. The van der Waals surface area contributed by atoms with Crippen LogP contribution in [0.15, 0.2) is 36.5 Å². The maximum atomic E-state index is 8.55. The molecule has 0 aliphatic rings. The second kappa shape index (κ2) is 5.46. The summed E-state index contributed by atoms with van der Waals surface area (Å²) < 4.78 is 0. The number of thiazole rings is 1. The largest absolute Gasteiger partial charge is 0.350 e. The van der Waals surface area contributed by atoms with Gasteiger partial charge in [-0.1, -0.05) is 41.7 Å². The SMILES string of the molecule is CN(CCC#N)c1ncc(-c2ccccc2)s1. The molecule has 1 heterocycles. The van der Waals surface area contributed by atoms with Crippen LogP contribution in [0.5, 0.6) is 0 Å². The van der Waals surface area contributed by atoms with E-state index in [2.05, 4.69) is 23.2 Å². The first kappa shape index (κ1) is 11.6. The van der Waals surface area contributed by atoms with Crippen molar-refractivity contribution in [3.63, 3.8) is 0 Å². The van der Waals surface area contributed by atoms with Gasteiger partial charge in [0.1, 0.15) is 0 Å². The van der Waals surface area contributed by atoms with Gasteiger partial charge in [0.2, 0.25) is 0 Å². The Kier molecular flexibility index (Phi) is 3.73. The zero-order valence-electron chi connectivity index (χ0n) is 9.63. The molecule has 3 nitrogen and oxygen atoms in total. The molecule has 0 aliphatic heterocycles. The van der Waals surface area contributed by atoms with Crippen molar-refractivity contribution in [3.8, 4) is 16.5 Å². The van der Waals surface area contributed by atoms with Crippen LogP contribution in [-0.4, -0.2) is 18.6 Å². The molecule has 0 aliphatic carbocycles. The third-order valence-electron chi connectivity index (χ3n) is 2.44. The van der Waals surface area contributed by atoms with Gasteiger partial charge in [-0.15, -0.1) is 0 Å². The van der Waals surface area contributed by atoms with Crippen molar-refractivity contribution < 1.29 is 0 Å². The summed E-state index contributed by atoms with van der Waals surface area (Å²) in [5.41, 5.74) is 1.19. The lowest BCUT2D eigenvalue weighted by atomic mass is 10.2. The van der Waals surface area contributed by atoms with E-state index in [-0.39, 0.29) is 0 Å². The lowest BCUT2D eigenvalue weighted by Crippen LogP contribution is -2.17. The Labute approximate surface area is 105 Å². The molecule has 17 heavy (non-hydrogen) atoms. The summed E-state index contributed by atoms with van der Waals surface area (Å²) in [4.78, 5) is 7.55. The summed E-state index contributed by atoms with van der Waals surface area (Å²) in [6.07, 6.45) is 2.41. The summed E-state index contributed by atoms with van der Waals surface area (Å²) in [6.45, 7) is 0.720. The fourth-order valence-corrected chi connectivity index (χ4v) is 2.40. The van der Waals surface area contributed by atoms with Crippen LogP contribution in [0, 0.1) is 11.3 Å². The van der Waals surface area contributed by atoms with Crippen LogP contribution >= 0.6 is 11.3 Å². The van der Waals surface area contributed by atoms with E-state index >= 15 is 0 Å². The average molecular weight is 243 g/mol. The van der Waals surface area contributed by atoms with Gasteiger partial charge in [-0.25, -0.2) is 4.98 Å². The zero-order chi connectivity index (χ0) is 12.1. The van der Waals surface area contributed by atoms with Crippen LogP contribution in [0.4, 0.5) is 5.13 Å². The Balaban J connectivity index is 2.14. The summed E-state index contributed by atoms with van der Waals surface area (Å²) >= 11 is 1.65. The molecule has 0 unspecified atom stereocenters. The van der Waals surface area contributed by atoms with Crippen molar-refractivity contribution in [1.82, 2.24) is 4.98 Å². The Morgan fingerprint density at radius 2 is 2.12 bits per heavy atom. The average Bonchev–Trinajstić information content (AvgIpc) is 2.86. The minimum absolute atomic E-state index is 0.525. The summed E-state index contributed by atoms with van der Waals surface area (Å²) in [7, 11) is 1.96. The first-order valence-corrected chi connectivity index (χ1v) is 6.22. The Morgan fingerprint density at radius 3 is 2.82 bits per heavy atom. The lowest BCUT2D eigenvalue weighted by molar-refractivity contribution is 0.899. The minimum atomic E-state index is 0.525. The number of anilines is 1. The normalized spacial score (nSPS) is 9.88. The highest BCUT2D eigenvalue weighted by atomic mass is 32.1. The van der Waals surface area contributed by atoms with E-state index in [1.165, 1.54) is 5.56 Å². The van der Waals surface area contributed by atoms with Crippen LogP contribution in [0.25, 0.3) is 10.4 Å². The maximum Gasteiger partial charge on any atom is 0.185 e. The molecule has 0 saturated carbocycles. The molecule has 0 N–H and O–H groups in total. The van der Waals surface area contributed by atoms with Crippen LogP contribution in [0.2, 0.25) is 0 Å². The standard InChI is InChI=1S/C13H13N3S/c1-16(9-5-8-14)13-15-10-12(17-13)11-6-3-2-4-7-11/h2-4,6-7,10H,5,9H2,1H3. The first-order valence-electron chi connectivity index (χ1n) is 5.40. The summed E-state index contributed by atoms with van der Waals surface area (Å²) in [5, 5.41) is 9.51. The van der Waals surface area contributed by atoms with Crippen molar-refractivity contribution in [3.05, 3.63) is 36.5 Å². The van der Waals surface area contributed by atoms with Gasteiger partial charge in [-0.3, -0.25) is 0 Å². The van der Waals surface area contributed by atoms with E-state index in [1.54, 1.807) is 11.3 Å². The molecular weight excluding hydrogens is 230 g/mol. The van der Waals surface area contributed by atoms with E-state index < -0.39 is 0 Å². The van der Waals surface area contributed by atoms with Gasteiger partial charge in [-0.05, 0) is 5.56 Å². The smallest absolute Gasteiger partial charge is 0.185 e. The van der Waals surface area contributed by atoms with Gasteiger partial charge < -0.3 is 4.90 Å². The summed E-state index contributed by atoms with van der Waals surface area (Å²) in [6, 6.07) is 12.3. The molecule has 0 saturated heterocycles. The number of hydrogen-bond acceptors (Lipinski definition) is 4. The Hall–Kier alpha value is -1.86. The fourth-order valence-electron chi connectivity index (χ4n) is 1.49. The molecule has 2 rings (SSSR count). The number of nitriles is 1. The van der Waals surface area contributed by atoms with Crippen molar-refractivity contribution in [2.45, 2.75) is 6.42 Å². The number of nitrogens with zero attached hydrogens (tertiary/aromatic N) is 3. The lowest BCUT2D eigenvalue weighted by Gasteiger charge is -2.12. The van der Waals surface area contributed by atoms with E-state index in [1.807, 2.05) is 36.3 Å². The van der Waals surface area contributed by atoms with Gasteiger partial charge in [-0.2, -0.15) is 5.26 Å². The van der Waals surface area contributed by atoms with Gasteiger partial charge in [0.25, 0.3) is 0 Å². The molecular formula is C13H13N3S. The van der Waals surface area contributed by atoms with Gasteiger partial charge in [0.05, 0.1) is 17.4 Å².